The van der Waals surface area contributed by atoms with E-state index in [9.17, 15) is 19.6 Å². The minimum absolute atomic E-state index is 0.119. The fourth-order valence-electron chi connectivity index (χ4n) is 5.02. The highest BCUT2D eigenvalue weighted by Gasteiger charge is 2.28. The molecular weight excluding hydrogens is 525 g/mol. The summed E-state index contributed by atoms with van der Waals surface area (Å²) in [6.45, 7) is 0. The summed E-state index contributed by atoms with van der Waals surface area (Å²) in [5, 5.41) is 25.7. The van der Waals surface area contributed by atoms with Gasteiger partial charge in [0.2, 0.25) is 5.56 Å². The van der Waals surface area contributed by atoms with Crippen LogP contribution in [0, 0.1) is 11.7 Å². The minimum atomic E-state index is -0.833. The molecule has 3 N–H and O–H groups in total. The third-order valence-electron chi connectivity index (χ3n) is 7.27. The number of aliphatic carboxylic acids is 1. The van der Waals surface area contributed by atoms with Crippen LogP contribution in [0.5, 0.6) is 0 Å². The molecule has 1 aliphatic rings. The van der Waals surface area contributed by atoms with Crippen molar-refractivity contribution in [2.45, 2.75) is 44.1 Å². The molecule has 0 spiro atoms. The molecular formula is C29H29ClFN3O5. The second-order valence-electron chi connectivity index (χ2n) is 9.79. The van der Waals surface area contributed by atoms with Gasteiger partial charge in [0.15, 0.2) is 0 Å². The molecule has 1 heterocycles. The van der Waals surface area contributed by atoms with Gasteiger partial charge in [-0.15, -0.1) is 0 Å². The highest BCUT2D eigenvalue weighted by molar-refractivity contribution is 6.31. The maximum absolute atomic E-state index is 15.3. The number of carbonyl (C=O) groups excluding carboxylic acids is 1. The summed E-state index contributed by atoms with van der Waals surface area (Å²) in [6, 6.07) is 14.1. The average Bonchev–Trinajstić information content (AvgIpc) is 2.92. The van der Waals surface area contributed by atoms with Crippen LogP contribution in [0.3, 0.4) is 0 Å². The Bertz CT molecular complexity index is 1460. The first-order valence-corrected chi connectivity index (χ1v) is 13.0. The van der Waals surface area contributed by atoms with Crippen LogP contribution in [-0.4, -0.2) is 38.5 Å². The largest absolute Gasteiger partial charge is 0.481 e. The van der Waals surface area contributed by atoms with Gasteiger partial charge in [0.05, 0.1) is 17.2 Å². The lowest BCUT2D eigenvalue weighted by atomic mass is 9.85. The monoisotopic (exact) mass is 553 g/mol. The maximum atomic E-state index is 15.3. The second kappa shape index (κ2) is 12.3. The molecule has 1 atom stereocenters. The van der Waals surface area contributed by atoms with E-state index in [1.165, 1.54) is 22.8 Å². The number of nitrogens with one attached hydrogen (secondary N) is 1. The minimum Gasteiger partial charge on any atom is -0.481 e. The van der Waals surface area contributed by atoms with Crippen LogP contribution in [0.15, 0.2) is 70.7 Å². The van der Waals surface area contributed by atoms with Crippen molar-refractivity contribution in [1.82, 2.24) is 9.88 Å². The first-order chi connectivity index (χ1) is 18.7. The predicted octanol–water partition coefficient (Wildman–Crippen LogP) is 4.95. The van der Waals surface area contributed by atoms with E-state index < -0.39 is 29.5 Å². The highest BCUT2D eigenvalue weighted by Crippen LogP contribution is 2.35. The molecule has 1 amide bonds. The molecule has 1 saturated carbocycles. The van der Waals surface area contributed by atoms with Crippen molar-refractivity contribution in [3.05, 3.63) is 104 Å². The lowest BCUT2D eigenvalue weighted by Gasteiger charge is -2.27. The summed E-state index contributed by atoms with van der Waals surface area (Å²) in [5.74, 6) is -3.05. The van der Waals surface area contributed by atoms with Crippen LogP contribution in [0.25, 0.3) is 0 Å². The smallest absolute Gasteiger partial charge is 0.306 e. The molecule has 0 bridgehead atoms. The quantitative estimate of drug-likeness (QED) is 0.207. The fourth-order valence-corrected chi connectivity index (χ4v) is 5.29. The molecule has 0 saturated heterocycles. The third-order valence-corrected chi connectivity index (χ3v) is 7.61. The Morgan fingerprint density at radius 3 is 2.46 bits per heavy atom. The lowest BCUT2D eigenvalue weighted by Crippen LogP contribution is -2.39. The van der Waals surface area contributed by atoms with Crippen molar-refractivity contribution in [2.75, 3.05) is 0 Å². The number of hydrogen-bond acceptors (Lipinski definition) is 5. The van der Waals surface area contributed by atoms with Crippen molar-refractivity contribution in [1.29, 1.82) is 0 Å². The van der Waals surface area contributed by atoms with Gasteiger partial charge in [0, 0.05) is 48.3 Å². The van der Waals surface area contributed by atoms with Crippen LogP contribution >= 0.6 is 11.6 Å². The first-order valence-electron chi connectivity index (χ1n) is 12.6. The van der Waals surface area contributed by atoms with Gasteiger partial charge in [-0.1, -0.05) is 41.0 Å². The molecule has 2 aromatic carbocycles. The molecule has 0 radical (unpaired) electrons. The Hall–Kier alpha value is -3.98. The Morgan fingerprint density at radius 1 is 1.13 bits per heavy atom. The number of oxime groups is 1. The zero-order valence-corrected chi connectivity index (χ0v) is 22.1. The molecule has 1 fully saturated rings. The molecule has 1 aromatic heterocycles. The SMILES string of the molecule is Cn1cc(/C(CC(c2ccc(C(=O)NC3CCC(C(=O)O)CC3)c(F)c2)c2ccccc2Cl)=N/O)ccc1=O. The summed E-state index contributed by atoms with van der Waals surface area (Å²) >= 11 is 6.50. The van der Waals surface area contributed by atoms with E-state index in [4.69, 9.17) is 16.7 Å². The summed E-state index contributed by atoms with van der Waals surface area (Å²) in [5.41, 5.74) is 1.65. The van der Waals surface area contributed by atoms with Crippen LogP contribution in [0.1, 0.15) is 65.1 Å². The van der Waals surface area contributed by atoms with E-state index in [2.05, 4.69) is 10.5 Å². The predicted molar refractivity (Wildman–Crippen MR) is 145 cm³/mol. The number of rotatable bonds is 8. The second-order valence-corrected chi connectivity index (χ2v) is 10.2. The van der Waals surface area contributed by atoms with Gasteiger partial charge in [-0.2, -0.15) is 0 Å². The number of benzene rings is 2. The molecule has 10 heteroatoms. The number of halogens is 2. The van der Waals surface area contributed by atoms with Crippen molar-refractivity contribution in [3.63, 3.8) is 0 Å². The molecule has 1 aliphatic carbocycles. The van der Waals surface area contributed by atoms with Gasteiger partial charge < -0.3 is 20.2 Å². The number of carbonyl (C=O) groups is 2. The Kier molecular flexibility index (Phi) is 8.81. The number of aryl methyl sites for hydroxylation is 1. The van der Waals surface area contributed by atoms with Crippen molar-refractivity contribution >= 4 is 29.2 Å². The number of amides is 1. The molecule has 1 unspecified atom stereocenters. The highest BCUT2D eigenvalue weighted by atomic mass is 35.5. The molecule has 39 heavy (non-hydrogen) atoms. The molecule has 0 aliphatic heterocycles. The van der Waals surface area contributed by atoms with Crippen LogP contribution in [0.2, 0.25) is 5.02 Å². The number of carboxylic acid groups (broad SMARTS) is 1. The summed E-state index contributed by atoms with van der Waals surface area (Å²) in [4.78, 5) is 35.9. The average molecular weight is 554 g/mol. The summed E-state index contributed by atoms with van der Waals surface area (Å²) in [6.07, 6.45) is 3.66. The van der Waals surface area contributed by atoms with Crippen molar-refractivity contribution in [3.8, 4) is 0 Å². The zero-order valence-electron chi connectivity index (χ0n) is 21.3. The number of aromatic nitrogens is 1. The molecule has 3 aromatic rings. The van der Waals surface area contributed by atoms with E-state index in [0.717, 1.165) is 0 Å². The maximum Gasteiger partial charge on any atom is 0.306 e. The number of pyridine rings is 1. The summed E-state index contributed by atoms with van der Waals surface area (Å²) in [7, 11) is 1.59. The Morgan fingerprint density at radius 2 is 1.85 bits per heavy atom. The zero-order chi connectivity index (χ0) is 28.1. The van der Waals surface area contributed by atoms with Crippen LogP contribution < -0.4 is 10.9 Å². The van der Waals surface area contributed by atoms with E-state index >= 15 is 4.39 Å². The van der Waals surface area contributed by atoms with Crippen molar-refractivity contribution < 1.29 is 24.3 Å². The van der Waals surface area contributed by atoms with Crippen molar-refractivity contribution in [2.24, 2.45) is 18.1 Å². The van der Waals surface area contributed by atoms with Gasteiger partial charge in [-0.05, 0) is 61.1 Å². The van der Waals surface area contributed by atoms with Gasteiger partial charge in [0.1, 0.15) is 5.82 Å². The van der Waals surface area contributed by atoms with Gasteiger partial charge in [-0.3, -0.25) is 14.4 Å². The normalized spacial score (nSPS) is 18.4. The molecule has 8 nitrogen and oxygen atoms in total. The van der Waals surface area contributed by atoms with Gasteiger partial charge >= 0.3 is 5.97 Å². The lowest BCUT2D eigenvalue weighted by molar-refractivity contribution is -0.142. The third kappa shape index (κ3) is 6.54. The van der Waals surface area contributed by atoms with E-state index in [-0.39, 0.29) is 29.3 Å². The van der Waals surface area contributed by atoms with Gasteiger partial charge in [0.25, 0.3) is 5.91 Å². The first kappa shape index (κ1) is 28.0. The Labute approximate surface area is 229 Å². The fraction of sp³-hybridized carbons (Fsp3) is 0.310. The number of hydrogen-bond donors (Lipinski definition) is 3. The number of nitrogens with zero attached hydrogens (tertiary/aromatic N) is 2. The van der Waals surface area contributed by atoms with Crippen LogP contribution in [0.4, 0.5) is 4.39 Å². The van der Waals surface area contributed by atoms with E-state index in [0.29, 0.717) is 47.4 Å². The van der Waals surface area contributed by atoms with Gasteiger partial charge in [-0.25, -0.2) is 4.39 Å². The Balaban J connectivity index is 1.60. The summed E-state index contributed by atoms with van der Waals surface area (Å²) < 4.78 is 16.7. The molecule has 4 rings (SSSR count). The van der Waals surface area contributed by atoms with E-state index in [1.54, 1.807) is 49.6 Å². The number of carboxylic acids is 1. The molecule has 204 valence electrons. The van der Waals surface area contributed by atoms with E-state index in [1.807, 2.05) is 0 Å². The standard InChI is InChI=1S/C29H29ClFN3O5/c1-34-16-19(9-13-27(34)35)26(33-39)15-23(21-4-2-3-5-24(21)30)18-8-12-22(25(31)14-18)28(36)32-20-10-6-17(7-11-20)29(37)38/h2-5,8-9,12-14,16-17,20,23,39H,6-7,10-11,15H2,1H3,(H,32,36)(H,37,38)/b33-26+. The van der Waals surface area contributed by atoms with Crippen LogP contribution in [-0.2, 0) is 11.8 Å². The topological polar surface area (TPSA) is 121 Å².